The van der Waals surface area contributed by atoms with E-state index in [0.717, 1.165) is 43.8 Å². The van der Waals surface area contributed by atoms with Crippen LogP contribution in [-0.2, 0) is 16.2 Å². The maximum absolute atomic E-state index is 13.1. The van der Waals surface area contributed by atoms with Crippen LogP contribution in [0.2, 0.25) is 0 Å². The summed E-state index contributed by atoms with van der Waals surface area (Å²) >= 11 is 0. The molecule has 4 rings (SSSR count). The van der Waals surface area contributed by atoms with Gasteiger partial charge in [0.1, 0.15) is 0 Å². The summed E-state index contributed by atoms with van der Waals surface area (Å²) in [4.78, 5) is 16.6. The van der Waals surface area contributed by atoms with E-state index in [-0.39, 0.29) is 17.2 Å². The number of hydrogen-bond donors (Lipinski definition) is 1. The fraction of sp³-hybridized carbons (Fsp3) is 0.409. The molecule has 0 aromatic heterocycles. The minimum Gasteiger partial charge on any atom is -0.336 e. The smallest absolute Gasteiger partial charge is 0.336 e. The second-order valence-corrected chi connectivity index (χ2v) is 9.90. The Morgan fingerprint density at radius 1 is 1.00 bits per heavy atom. The maximum Gasteiger partial charge on any atom is 0.416 e. The second-order valence-electron chi connectivity index (χ2n) is 8.21. The summed E-state index contributed by atoms with van der Waals surface area (Å²) in [6.45, 7) is 3.66. The molecule has 2 aromatic rings. The van der Waals surface area contributed by atoms with Crippen LogP contribution < -0.4 is 4.72 Å². The molecule has 1 heterocycles. The number of nitrogens with zero attached hydrogens (tertiary/aromatic N) is 2. The standard InChI is InChI=1S/C22H24F3N3O3S/c23-22(24,25)17-4-3-5-18(14-17)32(30,31)26-20-7-2-1-6-19(20)21(29)28-12-10-27(11-13-28)15-16-8-9-16/h1-7,14,16,26H,8-13,15H2. The van der Waals surface area contributed by atoms with Crippen molar-refractivity contribution >= 4 is 21.6 Å². The number of benzene rings is 2. The molecular weight excluding hydrogens is 443 g/mol. The Kier molecular flexibility index (Phi) is 6.17. The van der Waals surface area contributed by atoms with Crippen LogP contribution in [0.3, 0.4) is 0 Å². The van der Waals surface area contributed by atoms with Crippen LogP contribution in [0.4, 0.5) is 18.9 Å². The molecule has 32 heavy (non-hydrogen) atoms. The molecular formula is C22H24F3N3O3S. The van der Waals surface area contributed by atoms with Crippen molar-refractivity contribution in [1.82, 2.24) is 9.80 Å². The first-order valence-electron chi connectivity index (χ1n) is 10.4. The third-order valence-corrected chi connectivity index (χ3v) is 7.11. The molecule has 1 aliphatic heterocycles. The summed E-state index contributed by atoms with van der Waals surface area (Å²) in [7, 11) is -4.33. The van der Waals surface area contributed by atoms with Crippen molar-refractivity contribution in [3.8, 4) is 0 Å². The molecule has 0 bridgehead atoms. The molecule has 6 nitrogen and oxygen atoms in total. The summed E-state index contributed by atoms with van der Waals surface area (Å²) < 4.78 is 66.8. The first kappa shape index (κ1) is 22.6. The topological polar surface area (TPSA) is 69.7 Å². The summed E-state index contributed by atoms with van der Waals surface area (Å²) in [5.41, 5.74) is -0.858. The number of carbonyl (C=O) groups excluding carboxylic acids is 1. The number of hydrogen-bond acceptors (Lipinski definition) is 4. The number of amides is 1. The molecule has 0 unspecified atom stereocenters. The number of halogens is 3. The van der Waals surface area contributed by atoms with E-state index in [1.54, 1.807) is 17.0 Å². The zero-order chi connectivity index (χ0) is 22.9. The Labute approximate surface area is 185 Å². The summed E-state index contributed by atoms with van der Waals surface area (Å²) in [5, 5.41) is 0. The van der Waals surface area contributed by atoms with Gasteiger partial charge >= 0.3 is 6.18 Å². The van der Waals surface area contributed by atoms with Gasteiger partial charge in [-0.2, -0.15) is 13.2 Å². The largest absolute Gasteiger partial charge is 0.416 e. The van der Waals surface area contributed by atoms with Gasteiger partial charge in [-0.25, -0.2) is 8.42 Å². The highest BCUT2D eigenvalue weighted by Gasteiger charge is 2.32. The molecule has 2 aromatic carbocycles. The summed E-state index contributed by atoms with van der Waals surface area (Å²) in [6.07, 6.45) is -2.14. The number of para-hydroxylation sites is 1. The number of piperazine rings is 1. The molecule has 10 heteroatoms. The zero-order valence-corrected chi connectivity index (χ0v) is 18.1. The Hall–Kier alpha value is -2.59. The van der Waals surface area contributed by atoms with Gasteiger partial charge in [0, 0.05) is 32.7 Å². The zero-order valence-electron chi connectivity index (χ0n) is 17.3. The van der Waals surface area contributed by atoms with Gasteiger partial charge in [0.05, 0.1) is 21.7 Å². The monoisotopic (exact) mass is 467 g/mol. The molecule has 172 valence electrons. The first-order valence-corrected chi connectivity index (χ1v) is 11.9. The van der Waals surface area contributed by atoms with Crippen LogP contribution in [-0.4, -0.2) is 56.8 Å². The van der Waals surface area contributed by atoms with Crippen LogP contribution in [0.1, 0.15) is 28.8 Å². The fourth-order valence-electron chi connectivity index (χ4n) is 3.77. The van der Waals surface area contributed by atoms with E-state index in [4.69, 9.17) is 0 Å². The molecule has 0 spiro atoms. The highest BCUT2D eigenvalue weighted by molar-refractivity contribution is 7.92. The number of anilines is 1. The van der Waals surface area contributed by atoms with Crippen LogP contribution in [0, 0.1) is 5.92 Å². The third kappa shape index (κ3) is 5.24. The van der Waals surface area contributed by atoms with Gasteiger partial charge in [-0.3, -0.25) is 14.4 Å². The normalized spacial score (nSPS) is 17.9. The number of nitrogens with one attached hydrogen (secondary N) is 1. The molecule has 1 amide bonds. The number of alkyl halides is 3. The number of carbonyl (C=O) groups is 1. The fourth-order valence-corrected chi connectivity index (χ4v) is 4.90. The van der Waals surface area contributed by atoms with Crippen molar-refractivity contribution in [2.45, 2.75) is 23.9 Å². The highest BCUT2D eigenvalue weighted by Crippen LogP contribution is 2.32. The Balaban J connectivity index is 1.50. The lowest BCUT2D eigenvalue weighted by Gasteiger charge is -2.35. The molecule has 1 N–H and O–H groups in total. The van der Waals surface area contributed by atoms with Gasteiger partial charge in [0.2, 0.25) is 0 Å². The minimum atomic E-state index is -4.67. The lowest BCUT2D eigenvalue weighted by Crippen LogP contribution is -2.49. The van der Waals surface area contributed by atoms with E-state index in [0.29, 0.717) is 19.2 Å². The van der Waals surface area contributed by atoms with Gasteiger partial charge in [-0.05, 0) is 49.1 Å². The van der Waals surface area contributed by atoms with Crippen LogP contribution >= 0.6 is 0 Å². The molecule has 2 aliphatic rings. The van der Waals surface area contributed by atoms with Gasteiger partial charge in [0.25, 0.3) is 15.9 Å². The third-order valence-electron chi connectivity index (χ3n) is 5.75. The highest BCUT2D eigenvalue weighted by atomic mass is 32.2. The quantitative estimate of drug-likeness (QED) is 0.704. The van der Waals surface area contributed by atoms with Crippen molar-refractivity contribution in [2.24, 2.45) is 5.92 Å². The van der Waals surface area contributed by atoms with E-state index in [2.05, 4.69) is 9.62 Å². The average molecular weight is 468 g/mol. The van der Waals surface area contributed by atoms with Crippen molar-refractivity contribution in [3.63, 3.8) is 0 Å². The van der Waals surface area contributed by atoms with Crippen molar-refractivity contribution in [1.29, 1.82) is 0 Å². The number of sulfonamides is 1. The van der Waals surface area contributed by atoms with E-state index in [1.165, 1.54) is 25.0 Å². The minimum absolute atomic E-state index is 0.0373. The van der Waals surface area contributed by atoms with Gasteiger partial charge in [-0.15, -0.1) is 0 Å². The molecule has 0 atom stereocenters. The maximum atomic E-state index is 13.1. The first-order chi connectivity index (χ1) is 15.1. The van der Waals surface area contributed by atoms with E-state index < -0.39 is 26.7 Å². The Morgan fingerprint density at radius 2 is 1.69 bits per heavy atom. The van der Waals surface area contributed by atoms with Crippen molar-refractivity contribution in [2.75, 3.05) is 37.4 Å². The lowest BCUT2D eigenvalue weighted by molar-refractivity contribution is -0.137. The predicted octanol–water partition coefficient (Wildman–Crippen LogP) is 3.67. The van der Waals surface area contributed by atoms with Gasteiger partial charge < -0.3 is 4.90 Å². The van der Waals surface area contributed by atoms with Crippen LogP contribution in [0.25, 0.3) is 0 Å². The van der Waals surface area contributed by atoms with Crippen LogP contribution in [0.15, 0.2) is 53.4 Å². The molecule has 2 fully saturated rings. The Bertz CT molecular complexity index is 1090. The van der Waals surface area contributed by atoms with Crippen molar-refractivity contribution in [3.05, 3.63) is 59.7 Å². The van der Waals surface area contributed by atoms with E-state index >= 15 is 0 Å². The van der Waals surface area contributed by atoms with Crippen LogP contribution in [0.5, 0.6) is 0 Å². The lowest BCUT2D eigenvalue weighted by atomic mass is 10.1. The van der Waals surface area contributed by atoms with Gasteiger partial charge in [0.15, 0.2) is 0 Å². The average Bonchev–Trinajstić information content (AvgIpc) is 3.57. The summed E-state index contributed by atoms with van der Waals surface area (Å²) in [5.74, 6) is 0.460. The Morgan fingerprint density at radius 3 is 2.34 bits per heavy atom. The van der Waals surface area contributed by atoms with Gasteiger partial charge in [-0.1, -0.05) is 18.2 Å². The molecule has 1 aliphatic carbocycles. The SMILES string of the molecule is O=C(c1ccccc1NS(=O)(=O)c1cccc(C(F)(F)F)c1)N1CCN(CC2CC2)CC1. The molecule has 1 saturated carbocycles. The van der Waals surface area contributed by atoms with E-state index in [9.17, 15) is 26.4 Å². The summed E-state index contributed by atoms with van der Waals surface area (Å²) in [6, 6.07) is 9.64. The molecule has 0 radical (unpaired) electrons. The van der Waals surface area contributed by atoms with Crippen molar-refractivity contribution < 1.29 is 26.4 Å². The van der Waals surface area contributed by atoms with E-state index in [1.807, 2.05) is 0 Å². The molecule has 1 saturated heterocycles. The predicted molar refractivity (Wildman–Crippen MR) is 114 cm³/mol. The second kappa shape index (κ2) is 8.74. The number of rotatable bonds is 6.